The molecule has 0 radical (unpaired) electrons. The summed E-state index contributed by atoms with van der Waals surface area (Å²) in [6.07, 6.45) is 1.95. The molecule has 0 bridgehead atoms. The van der Waals surface area contributed by atoms with E-state index in [1.54, 1.807) is 24.3 Å². The molecule has 0 saturated carbocycles. The first-order valence-electron chi connectivity index (χ1n) is 12.0. The minimum absolute atomic E-state index is 0.0183. The second-order valence-corrected chi connectivity index (χ2v) is 9.08. The van der Waals surface area contributed by atoms with Gasteiger partial charge in [-0.1, -0.05) is 60.2 Å². The van der Waals surface area contributed by atoms with E-state index < -0.39 is 0 Å². The highest BCUT2D eigenvalue weighted by Gasteiger charge is 2.23. The summed E-state index contributed by atoms with van der Waals surface area (Å²) < 4.78 is 0. The molecule has 1 N–H and O–H groups in total. The minimum Gasteiger partial charge on any atom is -0.322 e. The summed E-state index contributed by atoms with van der Waals surface area (Å²) in [5.74, 6) is -0.195. The number of anilines is 2. The SMILES string of the molecule is Cc1ccc(-c2ccccc2C(=O)Nc2ccc(C(=O)N3CCCc4ccccc43)cc2)c(C)c1. The van der Waals surface area contributed by atoms with Crippen molar-refractivity contribution in [3.05, 3.63) is 119 Å². The predicted octanol–water partition coefficient (Wildman–Crippen LogP) is 6.82. The Bertz CT molecular complexity index is 1410. The first-order valence-corrected chi connectivity index (χ1v) is 12.0. The Kier molecular flexibility index (Phi) is 6.19. The monoisotopic (exact) mass is 460 g/mol. The van der Waals surface area contributed by atoms with Crippen molar-refractivity contribution in [1.82, 2.24) is 0 Å². The van der Waals surface area contributed by atoms with Gasteiger partial charge in [-0.25, -0.2) is 0 Å². The van der Waals surface area contributed by atoms with Crippen molar-refractivity contribution >= 4 is 23.2 Å². The van der Waals surface area contributed by atoms with Gasteiger partial charge >= 0.3 is 0 Å². The zero-order chi connectivity index (χ0) is 24.4. The number of benzene rings is 4. The van der Waals surface area contributed by atoms with Crippen LogP contribution in [0.15, 0.2) is 91.0 Å². The number of nitrogens with zero attached hydrogens (tertiary/aromatic N) is 1. The summed E-state index contributed by atoms with van der Waals surface area (Å²) in [6, 6.07) is 29.1. The number of nitrogens with one attached hydrogen (secondary N) is 1. The van der Waals surface area contributed by atoms with Crippen molar-refractivity contribution in [3.8, 4) is 11.1 Å². The third-order valence-electron chi connectivity index (χ3n) is 6.59. The standard InChI is InChI=1S/C31H28N2O2/c1-21-13-18-26(22(2)20-21)27-10-4-5-11-28(27)30(34)32-25-16-14-24(15-17-25)31(35)33-19-7-9-23-8-3-6-12-29(23)33/h3-6,8,10-18,20H,7,9,19H2,1-2H3,(H,32,34). The van der Waals surface area contributed by atoms with E-state index in [0.29, 0.717) is 23.4 Å². The fourth-order valence-electron chi connectivity index (χ4n) is 4.83. The molecule has 0 saturated heterocycles. The molecule has 5 rings (SSSR count). The Balaban J connectivity index is 1.35. The topological polar surface area (TPSA) is 49.4 Å². The van der Waals surface area contributed by atoms with Gasteiger partial charge in [0.05, 0.1) is 0 Å². The van der Waals surface area contributed by atoms with Gasteiger partial charge in [0.25, 0.3) is 11.8 Å². The predicted molar refractivity (Wildman–Crippen MR) is 142 cm³/mol. The zero-order valence-corrected chi connectivity index (χ0v) is 20.0. The molecule has 4 nitrogen and oxygen atoms in total. The molecule has 0 fully saturated rings. The highest BCUT2D eigenvalue weighted by atomic mass is 16.2. The van der Waals surface area contributed by atoms with E-state index in [2.05, 4.69) is 43.4 Å². The van der Waals surface area contributed by atoms with Crippen LogP contribution in [0.5, 0.6) is 0 Å². The minimum atomic E-state index is -0.176. The maximum atomic E-state index is 13.2. The molecule has 0 unspecified atom stereocenters. The number of rotatable bonds is 4. The van der Waals surface area contributed by atoms with Gasteiger partial charge in [-0.05, 0) is 85.3 Å². The summed E-state index contributed by atoms with van der Waals surface area (Å²) in [6.45, 7) is 4.84. The number of fused-ring (bicyclic) bond motifs is 1. The number of hydrogen-bond donors (Lipinski definition) is 1. The van der Waals surface area contributed by atoms with Crippen LogP contribution in [0.3, 0.4) is 0 Å². The molecular formula is C31H28N2O2. The molecule has 174 valence electrons. The molecule has 1 aliphatic heterocycles. The number of carbonyl (C=O) groups is 2. The lowest BCUT2D eigenvalue weighted by Gasteiger charge is -2.29. The lowest BCUT2D eigenvalue weighted by molar-refractivity contribution is 0.0984. The van der Waals surface area contributed by atoms with E-state index in [9.17, 15) is 9.59 Å². The van der Waals surface area contributed by atoms with Gasteiger partial charge in [-0.2, -0.15) is 0 Å². The molecule has 2 amide bonds. The van der Waals surface area contributed by atoms with Crippen LogP contribution in [0.4, 0.5) is 11.4 Å². The average Bonchev–Trinajstić information content (AvgIpc) is 2.88. The number of amides is 2. The summed E-state index contributed by atoms with van der Waals surface area (Å²) >= 11 is 0. The van der Waals surface area contributed by atoms with Crippen LogP contribution in [0.2, 0.25) is 0 Å². The van der Waals surface area contributed by atoms with E-state index in [1.807, 2.05) is 47.4 Å². The van der Waals surface area contributed by atoms with Gasteiger partial charge in [0, 0.05) is 29.0 Å². The lowest BCUT2D eigenvalue weighted by Crippen LogP contribution is -2.35. The van der Waals surface area contributed by atoms with Gasteiger partial charge in [-0.3, -0.25) is 9.59 Å². The Hall–Kier alpha value is -4.18. The molecule has 1 aliphatic rings. The molecule has 0 aliphatic carbocycles. The van der Waals surface area contributed by atoms with Gasteiger partial charge in [0.15, 0.2) is 0 Å². The molecule has 0 atom stereocenters. The second kappa shape index (κ2) is 9.59. The van der Waals surface area contributed by atoms with E-state index in [1.165, 1.54) is 11.1 Å². The Morgan fingerprint density at radius 2 is 1.54 bits per heavy atom. The van der Waals surface area contributed by atoms with Gasteiger partial charge in [0.2, 0.25) is 0 Å². The first kappa shape index (κ1) is 22.6. The van der Waals surface area contributed by atoms with Crippen LogP contribution in [-0.4, -0.2) is 18.4 Å². The van der Waals surface area contributed by atoms with Crippen LogP contribution in [-0.2, 0) is 6.42 Å². The van der Waals surface area contributed by atoms with Crippen LogP contribution in [0.1, 0.15) is 43.8 Å². The van der Waals surface area contributed by atoms with E-state index in [0.717, 1.165) is 35.2 Å². The zero-order valence-electron chi connectivity index (χ0n) is 20.0. The Morgan fingerprint density at radius 1 is 0.800 bits per heavy atom. The van der Waals surface area contributed by atoms with Crippen molar-refractivity contribution in [2.24, 2.45) is 0 Å². The van der Waals surface area contributed by atoms with Gasteiger partial charge < -0.3 is 10.2 Å². The van der Waals surface area contributed by atoms with Crippen molar-refractivity contribution < 1.29 is 9.59 Å². The maximum Gasteiger partial charge on any atom is 0.258 e. The maximum absolute atomic E-state index is 13.2. The smallest absolute Gasteiger partial charge is 0.258 e. The highest BCUT2D eigenvalue weighted by molar-refractivity contribution is 6.10. The normalized spacial score (nSPS) is 12.7. The summed E-state index contributed by atoms with van der Waals surface area (Å²) in [7, 11) is 0. The molecule has 35 heavy (non-hydrogen) atoms. The van der Waals surface area contributed by atoms with Crippen molar-refractivity contribution in [1.29, 1.82) is 0 Å². The summed E-state index contributed by atoms with van der Waals surface area (Å²) in [5, 5.41) is 3.00. The van der Waals surface area contributed by atoms with Crippen LogP contribution in [0, 0.1) is 13.8 Å². The molecule has 0 aromatic heterocycles. The van der Waals surface area contributed by atoms with Crippen molar-refractivity contribution in [2.45, 2.75) is 26.7 Å². The molecule has 4 heteroatoms. The third kappa shape index (κ3) is 4.60. The fraction of sp³-hybridized carbons (Fsp3) is 0.161. The van der Waals surface area contributed by atoms with Crippen molar-refractivity contribution in [3.63, 3.8) is 0 Å². The molecule has 4 aromatic carbocycles. The number of hydrogen-bond acceptors (Lipinski definition) is 2. The van der Waals surface area contributed by atoms with Crippen LogP contribution in [0.25, 0.3) is 11.1 Å². The largest absolute Gasteiger partial charge is 0.322 e. The lowest BCUT2D eigenvalue weighted by atomic mass is 9.94. The van der Waals surface area contributed by atoms with E-state index in [-0.39, 0.29) is 11.8 Å². The highest BCUT2D eigenvalue weighted by Crippen LogP contribution is 2.30. The molecule has 0 spiro atoms. The van der Waals surface area contributed by atoms with E-state index in [4.69, 9.17) is 0 Å². The molecule has 4 aromatic rings. The van der Waals surface area contributed by atoms with Crippen LogP contribution < -0.4 is 10.2 Å². The first-order chi connectivity index (χ1) is 17.0. The van der Waals surface area contributed by atoms with E-state index >= 15 is 0 Å². The number of carbonyl (C=O) groups excluding carboxylic acids is 2. The van der Waals surface area contributed by atoms with Gasteiger partial charge in [0.1, 0.15) is 0 Å². The fourth-order valence-corrected chi connectivity index (χ4v) is 4.83. The summed E-state index contributed by atoms with van der Waals surface area (Å²) in [4.78, 5) is 28.3. The Labute approximate surface area is 206 Å². The average molecular weight is 461 g/mol. The van der Waals surface area contributed by atoms with Gasteiger partial charge in [-0.15, -0.1) is 0 Å². The molecular weight excluding hydrogens is 432 g/mol. The Morgan fingerprint density at radius 3 is 2.34 bits per heavy atom. The van der Waals surface area contributed by atoms with Crippen LogP contribution >= 0.6 is 0 Å². The number of para-hydroxylation sites is 1. The molecule has 1 heterocycles. The second-order valence-electron chi connectivity index (χ2n) is 9.08. The van der Waals surface area contributed by atoms with Crippen molar-refractivity contribution in [2.75, 3.05) is 16.8 Å². The third-order valence-corrected chi connectivity index (χ3v) is 6.59. The number of aryl methyl sites for hydroxylation is 3. The summed E-state index contributed by atoms with van der Waals surface area (Å²) in [5.41, 5.74) is 8.34. The quantitative estimate of drug-likeness (QED) is 0.363.